The lowest BCUT2D eigenvalue weighted by molar-refractivity contribution is -0.384. The molecule has 1 aliphatic rings. The van der Waals surface area contributed by atoms with Crippen LogP contribution in [0.15, 0.2) is 65.6 Å². The minimum atomic E-state index is -4.26. The van der Waals surface area contributed by atoms with Gasteiger partial charge in [-0.3, -0.25) is 19.2 Å². The number of non-ortho nitro benzene ring substituents is 1. The standard InChI is InChI=1S/C27H23N3O9S2/c1-38-25-23-20(14-21(26(32)40-2)29(23)27(33)39-15-16-6-4-3-5-7-16)19-12-13-28(22(19)24(25)31)41(36,37)18-10-8-17(9-11-18)30(34)35/h3-11,14,31H,12-13,15H2,1-2H3. The molecule has 12 nitrogen and oxygen atoms in total. The van der Waals surface area contributed by atoms with E-state index in [9.17, 15) is 33.2 Å². The molecule has 212 valence electrons. The summed E-state index contributed by atoms with van der Waals surface area (Å²) in [5.74, 6) is -0.766. The summed E-state index contributed by atoms with van der Waals surface area (Å²) in [7, 11) is -3.02. The van der Waals surface area contributed by atoms with Crippen LogP contribution < -0.4 is 9.04 Å². The van der Waals surface area contributed by atoms with Gasteiger partial charge >= 0.3 is 6.09 Å². The number of carbonyl (C=O) groups excluding carboxylic acids is 2. The molecule has 0 spiro atoms. The third-order valence-corrected chi connectivity index (χ3v) is 9.10. The molecule has 1 aliphatic heterocycles. The molecular weight excluding hydrogens is 574 g/mol. The highest BCUT2D eigenvalue weighted by Crippen LogP contribution is 2.51. The van der Waals surface area contributed by atoms with Crippen LogP contribution in [0.3, 0.4) is 0 Å². The first-order valence-electron chi connectivity index (χ1n) is 12.1. The van der Waals surface area contributed by atoms with E-state index < -0.39 is 31.9 Å². The third-order valence-electron chi connectivity index (χ3n) is 6.70. The summed E-state index contributed by atoms with van der Waals surface area (Å²) in [6.07, 6.45) is 0.815. The molecule has 0 saturated carbocycles. The number of sulfonamides is 1. The zero-order valence-corrected chi connectivity index (χ0v) is 23.4. The van der Waals surface area contributed by atoms with E-state index in [1.54, 1.807) is 30.5 Å². The lowest BCUT2D eigenvalue weighted by atomic mass is 10.1. The minimum absolute atomic E-state index is 0.0339. The Kier molecular flexibility index (Phi) is 7.36. The van der Waals surface area contributed by atoms with Gasteiger partial charge < -0.3 is 14.6 Å². The molecule has 0 radical (unpaired) electrons. The Morgan fingerprint density at radius 2 is 1.80 bits per heavy atom. The maximum absolute atomic E-state index is 13.6. The first kappa shape index (κ1) is 28.0. The summed E-state index contributed by atoms with van der Waals surface area (Å²) in [6, 6.07) is 14.8. The van der Waals surface area contributed by atoms with Crippen LogP contribution in [0.5, 0.6) is 11.5 Å². The van der Waals surface area contributed by atoms with Crippen LogP contribution in [0, 0.1) is 10.1 Å². The number of phenolic OH excluding ortho intramolecular Hbond substituents is 1. The van der Waals surface area contributed by atoms with Gasteiger partial charge in [-0.25, -0.2) is 17.8 Å². The second kappa shape index (κ2) is 10.8. The zero-order chi connectivity index (χ0) is 29.5. The van der Waals surface area contributed by atoms with Crippen molar-refractivity contribution >= 4 is 55.3 Å². The van der Waals surface area contributed by atoms with Crippen molar-refractivity contribution < 1.29 is 37.5 Å². The molecule has 1 N–H and O–H groups in total. The molecule has 0 fully saturated rings. The number of aromatic hydroxyl groups is 1. The van der Waals surface area contributed by atoms with Crippen LogP contribution in [0.2, 0.25) is 0 Å². The highest BCUT2D eigenvalue weighted by molar-refractivity contribution is 8.13. The SMILES string of the molecule is COc1c(O)c2c(c3cc(C(=O)SC)n(C(=O)OCc4ccccc4)c13)CCN2S(=O)(=O)c1ccc([N+](=O)[O-])cc1. The Bertz CT molecular complexity index is 1800. The van der Waals surface area contributed by atoms with Crippen LogP contribution in [-0.2, 0) is 27.8 Å². The molecule has 0 aliphatic carbocycles. The normalized spacial score (nSPS) is 12.8. The van der Waals surface area contributed by atoms with Gasteiger partial charge in [0.25, 0.3) is 15.7 Å². The van der Waals surface area contributed by atoms with E-state index in [-0.39, 0.29) is 52.8 Å². The molecule has 0 atom stereocenters. The number of hydrogen-bond acceptors (Lipinski definition) is 10. The number of methoxy groups -OCH3 is 1. The number of aromatic nitrogens is 1. The van der Waals surface area contributed by atoms with Crippen molar-refractivity contribution in [1.82, 2.24) is 4.57 Å². The number of fused-ring (bicyclic) bond motifs is 3. The number of rotatable bonds is 7. The number of carbonyl (C=O) groups is 2. The fourth-order valence-electron chi connectivity index (χ4n) is 4.83. The quantitative estimate of drug-likeness (QED) is 0.234. The fraction of sp³-hybridized carbons (Fsp3) is 0.185. The Morgan fingerprint density at radius 3 is 2.41 bits per heavy atom. The van der Waals surface area contributed by atoms with Gasteiger partial charge in [-0.1, -0.05) is 42.1 Å². The molecular formula is C27H23N3O9S2. The Morgan fingerprint density at radius 1 is 1.12 bits per heavy atom. The topological polar surface area (TPSA) is 158 Å². The van der Waals surface area contributed by atoms with Crippen molar-refractivity contribution in [3.63, 3.8) is 0 Å². The molecule has 5 rings (SSSR count). The number of nitrogens with zero attached hydrogens (tertiary/aromatic N) is 3. The van der Waals surface area contributed by atoms with Gasteiger partial charge in [-0.15, -0.1) is 0 Å². The molecule has 14 heteroatoms. The van der Waals surface area contributed by atoms with E-state index in [1.807, 2.05) is 6.07 Å². The first-order chi connectivity index (χ1) is 19.6. The van der Waals surface area contributed by atoms with Gasteiger partial charge in [0.05, 0.1) is 16.9 Å². The van der Waals surface area contributed by atoms with Crippen LogP contribution >= 0.6 is 11.8 Å². The third kappa shape index (κ3) is 4.74. The van der Waals surface area contributed by atoms with Crippen LogP contribution in [-0.4, -0.2) is 54.1 Å². The smallest absolute Gasteiger partial charge is 0.419 e. The van der Waals surface area contributed by atoms with E-state index in [0.717, 1.165) is 50.5 Å². The lowest BCUT2D eigenvalue weighted by Crippen LogP contribution is -2.29. The van der Waals surface area contributed by atoms with Gasteiger partial charge in [-0.05, 0) is 42.0 Å². The monoisotopic (exact) mass is 597 g/mol. The maximum atomic E-state index is 13.6. The van der Waals surface area contributed by atoms with Gasteiger partial charge in [0.15, 0.2) is 11.5 Å². The van der Waals surface area contributed by atoms with Crippen molar-refractivity contribution in [3.8, 4) is 11.5 Å². The second-order valence-corrected chi connectivity index (χ2v) is 11.6. The largest absolute Gasteiger partial charge is 0.503 e. The summed E-state index contributed by atoms with van der Waals surface area (Å²) < 4.78 is 40.2. The summed E-state index contributed by atoms with van der Waals surface area (Å²) >= 11 is 0.870. The summed E-state index contributed by atoms with van der Waals surface area (Å²) in [6.45, 7) is -0.146. The number of ether oxygens (including phenoxy) is 2. The maximum Gasteiger partial charge on any atom is 0.419 e. The number of benzene rings is 3. The predicted molar refractivity (Wildman–Crippen MR) is 151 cm³/mol. The Labute approximate surface area is 238 Å². The van der Waals surface area contributed by atoms with Crippen molar-refractivity contribution in [2.75, 3.05) is 24.2 Å². The van der Waals surface area contributed by atoms with Crippen LogP contribution in [0.25, 0.3) is 10.9 Å². The molecule has 0 amide bonds. The second-order valence-electron chi connectivity index (χ2n) is 8.95. The highest BCUT2D eigenvalue weighted by Gasteiger charge is 2.39. The molecule has 0 saturated heterocycles. The number of nitro benzene ring substituents is 1. The van der Waals surface area contributed by atoms with Gasteiger partial charge in [0.2, 0.25) is 5.12 Å². The van der Waals surface area contributed by atoms with Crippen molar-refractivity contribution in [1.29, 1.82) is 0 Å². The van der Waals surface area contributed by atoms with E-state index in [2.05, 4.69) is 0 Å². The molecule has 0 bridgehead atoms. The van der Waals surface area contributed by atoms with E-state index in [1.165, 1.54) is 13.2 Å². The van der Waals surface area contributed by atoms with Crippen molar-refractivity contribution in [2.24, 2.45) is 0 Å². The molecule has 3 aromatic carbocycles. The van der Waals surface area contributed by atoms with E-state index in [0.29, 0.717) is 10.9 Å². The Hall–Kier alpha value is -4.56. The average molecular weight is 598 g/mol. The van der Waals surface area contributed by atoms with Crippen LogP contribution in [0.1, 0.15) is 21.6 Å². The number of phenols is 1. The summed E-state index contributed by atoms with van der Waals surface area (Å²) in [5.41, 5.74) is 0.794. The molecule has 41 heavy (non-hydrogen) atoms. The van der Waals surface area contributed by atoms with Gasteiger partial charge in [-0.2, -0.15) is 0 Å². The molecule has 2 heterocycles. The molecule has 0 unspecified atom stereocenters. The van der Waals surface area contributed by atoms with Gasteiger partial charge in [0, 0.05) is 24.1 Å². The number of nitro groups is 1. The lowest BCUT2D eigenvalue weighted by Gasteiger charge is -2.22. The molecule has 4 aromatic rings. The van der Waals surface area contributed by atoms with Crippen molar-refractivity contribution in [2.45, 2.75) is 17.9 Å². The Balaban J connectivity index is 1.66. The predicted octanol–water partition coefficient (Wildman–Crippen LogP) is 4.70. The van der Waals surface area contributed by atoms with Gasteiger partial charge in [0.1, 0.15) is 23.5 Å². The average Bonchev–Trinajstić information content (AvgIpc) is 3.60. The first-order valence-corrected chi connectivity index (χ1v) is 14.8. The zero-order valence-electron chi connectivity index (χ0n) is 21.8. The van der Waals surface area contributed by atoms with E-state index >= 15 is 0 Å². The summed E-state index contributed by atoms with van der Waals surface area (Å²) in [4.78, 5) is 36.5. The molecule has 1 aromatic heterocycles. The number of hydrogen-bond donors (Lipinski definition) is 1. The van der Waals surface area contributed by atoms with Crippen LogP contribution in [0.4, 0.5) is 16.2 Å². The van der Waals surface area contributed by atoms with Crippen molar-refractivity contribution in [3.05, 3.63) is 87.6 Å². The minimum Gasteiger partial charge on any atom is -0.503 e. The number of thioether (sulfide) groups is 1. The van der Waals surface area contributed by atoms with E-state index in [4.69, 9.17) is 9.47 Å². The fourth-order valence-corrected chi connectivity index (χ4v) is 6.69. The summed E-state index contributed by atoms with van der Waals surface area (Å²) in [5, 5.41) is 22.2. The highest BCUT2D eigenvalue weighted by atomic mass is 32.2. The number of anilines is 1.